The summed E-state index contributed by atoms with van der Waals surface area (Å²) in [7, 11) is 0. The molecule has 1 aliphatic heterocycles. The molecule has 0 unspecified atom stereocenters. The van der Waals surface area contributed by atoms with Crippen LogP contribution in [0.5, 0.6) is 0 Å². The van der Waals surface area contributed by atoms with Crippen LogP contribution in [-0.4, -0.2) is 34.5 Å². The molecular formula is C16H18N4O3. The minimum absolute atomic E-state index is 0.0585. The summed E-state index contributed by atoms with van der Waals surface area (Å²) in [6.45, 7) is 2.95. The lowest BCUT2D eigenvalue weighted by Gasteiger charge is -2.08. The van der Waals surface area contributed by atoms with E-state index in [0.29, 0.717) is 29.6 Å². The lowest BCUT2D eigenvalue weighted by Crippen LogP contribution is -2.36. The molecule has 2 amide bonds. The first kappa shape index (κ1) is 15.2. The zero-order valence-corrected chi connectivity index (χ0v) is 12.9. The topological polar surface area (TPSA) is 93.1 Å². The molecule has 7 nitrogen and oxygen atoms in total. The van der Waals surface area contributed by atoms with Gasteiger partial charge in [-0.2, -0.15) is 0 Å². The summed E-state index contributed by atoms with van der Waals surface area (Å²) in [6, 6.07) is 4.81. The number of benzene rings is 1. The van der Waals surface area contributed by atoms with Crippen molar-refractivity contribution in [1.82, 2.24) is 20.2 Å². The predicted octanol–water partition coefficient (Wildman–Crippen LogP) is 0.209. The molecule has 2 N–H and O–H groups in total. The molecule has 120 valence electrons. The molecule has 0 spiro atoms. The number of hydrogen-bond donors (Lipinski definition) is 2. The number of amides is 2. The maximum atomic E-state index is 12.4. The highest BCUT2D eigenvalue weighted by atomic mass is 16.2. The number of likely N-dealkylation sites (N-methyl/N-ethyl adjacent to an activating group) is 1. The molecule has 0 atom stereocenters. The standard InChI is InChI=1S/C16H18N4O3/c1-2-17-14(21)9-18-15(22)10-5-6-11-12(8-10)19-13-4-3-7-20(13)16(11)23/h5-6,8H,2-4,7,9H2,1H3,(H,17,21)(H,18,22). The average molecular weight is 314 g/mol. The summed E-state index contributed by atoms with van der Waals surface area (Å²) in [4.78, 5) is 40.3. The maximum absolute atomic E-state index is 12.4. The molecule has 3 rings (SSSR count). The normalized spacial score (nSPS) is 12.9. The van der Waals surface area contributed by atoms with E-state index >= 15 is 0 Å². The fourth-order valence-corrected chi connectivity index (χ4v) is 2.75. The zero-order chi connectivity index (χ0) is 16.4. The second kappa shape index (κ2) is 6.20. The quantitative estimate of drug-likeness (QED) is 0.843. The van der Waals surface area contributed by atoms with E-state index in [-0.39, 0.29) is 23.9 Å². The lowest BCUT2D eigenvalue weighted by atomic mass is 10.1. The highest BCUT2D eigenvalue weighted by molar-refractivity contribution is 5.99. The van der Waals surface area contributed by atoms with E-state index < -0.39 is 0 Å². The highest BCUT2D eigenvalue weighted by Gasteiger charge is 2.17. The molecule has 0 fully saturated rings. The van der Waals surface area contributed by atoms with Crippen molar-refractivity contribution in [2.45, 2.75) is 26.3 Å². The summed E-state index contributed by atoms with van der Waals surface area (Å²) in [5.41, 5.74) is 0.849. The minimum Gasteiger partial charge on any atom is -0.355 e. The number of fused-ring (bicyclic) bond motifs is 2. The number of aryl methyl sites for hydroxylation is 1. The number of nitrogens with one attached hydrogen (secondary N) is 2. The van der Waals surface area contributed by atoms with Gasteiger partial charge in [-0.1, -0.05) is 0 Å². The average Bonchev–Trinajstić information content (AvgIpc) is 3.01. The van der Waals surface area contributed by atoms with Crippen molar-refractivity contribution >= 4 is 22.7 Å². The molecule has 0 bridgehead atoms. The van der Waals surface area contributed by atoms with Crippen molar-refractivity contribution in [3.8, 4) is 0 Å². The summed E-state index contributed by atoms with van der Waals surface area (Å²) in [6.07, 6.45) is 1.69. The van der Waals surface area contributed by atoms with Crippen molar-refractivity contribution in [1.29, 1.82) is 0 Å². The smallest absolute Gasteiger partial charge is 0.261 e. The third kappa shape index (κ3) is 2.94. The lowest BCUT2D eigenvalue weighted by molar-refractivity contribution is -0.120. The first-order chi connectivity index (χ1) is 11.1. The number of rotatable bonds is 4. The molecule has 1 aliphatic rings. The van der Waals surface area contributed by atoms with Crippen LogP contribution in [0.2, 0.25) is 0 Å². The van der Waals surface area contributed by atoms with Gasteiger partial charge in [0.05, 0.1) is 17.4 Å². The van der Waals surface area contributed by atoms with Crippen LogP contribution in [0.4, 0.5) is 0 Å². The van der Waals surface area contributed by atoms with E-state index in [4.69, 9.17) is 0 Å². The molecule has 0 radical (unpaired) electrons. The van der Waals surface area contributed by atoms with Crippen molar-refractivity contribution in [3.63, 3.8) is 0 Å². The molecule has 0 aliphatic carbocycles. The van der Waals surface area contributed by atoms with Crippen molar-refractivity contribution in [2.24, 2.45) is 0 Å². The number of aromatic nitrogens is 2. The van der Waals surface area contributed by atoms with Gasteiger partial charge in [0.25, 0.3) is 11.5 Å². The second-order valence-electron chi connectivity index (χ2n) is 5.46. The number of nitrogens with zero attached hydrogens (tertiary/aromatic N) is 2. The van der Waals surface area contributed by atoms with E-state index in [2.05, 4.69) is 15.6 Å². The van der Waals surface area contributed by atoms with Gasteiger partial charge in [0.15, 0.2) is 0 Å². The first-order valence-corrected chi connectivity index (χ1v) is 7.68. The van der Waals surface area contributed by atoms with Crippen LogP contribution in [0.1, 0.15) is 29.5 Å². The number of hydrogen-bond acceptors (Lipinski definition) is 4. The minimum atomic E-state index is -0.361. The number of carbonyl (C=O) groups is 2. The van der Waals surface area contributed by atoms with Gasteiger partial charge in [0, 0.05) is 25.1 Å². The van der Waals surface area contributed by atoms with Crippen molar-refractivity contribution in [2.75, 3.05) is 13.1 Å². The van der Waals surface area contributed by atoms with Crippen LogP contribution in [0.3, 0.4) is 0 Å². The second-order valence-corrected chi connectivity index (χ2v) is 5.46. The molecule has 2 aromatic rings. The van der Waals surface area contributed by atoms with E-state index in [1.54, 1.807) is 22.8 Å². The Kier molecular flexibility index (Phi) is 4.10. The van der Waals surface area contributed by atoms with Crippen molar-refractivity contribution in [3.05, 3.63) is 39.9 Å². The first-order valence-electron chi connectivity index (χ1n) is 7.68. The van der Waals surface area contributed by atoms with Gasteiger partial charge in [0.2, 0.25) is 5.91 Å². The number of carbonyl (C=O) groups excluding carboxylic acids is 2. The molecule has 2 heterocycles. The predicted molar refractivity (Wildman–Crippen MR) is 85.3 cm³/mol. The Balaban J connectivity index is 1.86. The maximum Gasteiger partial charge on any atom is 0.261 e. The Morgan fingerprint density at radius 3 is 2.91 bits per heavy atom. The zero-order valence-electron chi connectivity index (χ0n) is 12.9. The third-order valence-corrected chi connectivity index (χ3v) is 3.86. The Morgan fingerprint density at radius 2 is 2.13 bits per heavy atom. The molecule has 7 heteroatoms. The summed E-state index contributed by atoms with van der Waals surface area (Å²) < 4.78 is 1.69. The van der Waals surface area contributed by atoms with Gasteiger partial charge in [-0.3, -0.25) is 19.0 Å². The van der Waals surface area contributed by atoms with Crippen LogP contribution in [0.25, 0.3) is 10.9 Å². The van der Waals surface area contributed by atoms with Gasteiger partial charge >= 0.3 is 0 Å². The Morgan fingerprint density at radius 1 is 1.30 bits per heavy atom. The molecule has 0 saturated carbocycles. The molecule has 23 heavy (non-hydrogen) atoms. The third-order valence-electron chi connectivity index (χ3n) is 3.86. The highest BCUT2D eigenvalue weighted by Crippen LogP contribution is 2.16. The Labute approximate surface area is 132 Å². The molecule has 0 saturated heterocycles. The molecule has 1 aromatic carbocycles. The van der Waals surface area contributed by atoms with Crippen LogP contribution in [-0.2, 0) is 17.8 Å². The van der Waals surface area contributed by atoms with E-state index in [0.717, 1.165) is 18.7 Å². The summed E-state index contributed by atoms with van der Waals surface area (Å²) in [5, 5.41) is 5.67. The van der Waals surface area contributed by atoms with Gasteiger partial charge in [-0.15, -0.1) is 0 Å². The van der Waals surface area contributed by atoms with E-state index in [9.17, 15) is 14.4 Å². The SMILES string of the molecule is CCNC(=O)CNC(=O)c1ccc2c(=O)n3c(nc2c1)CCC3. The van der Waals surface area contributed by atoms with E-state index in [1.807, 2.05) is 6.92 Å². The van der Waals surface area contributed by atoms with Crippen LogP contribution in [0, 0.1) is 0 Å². The summed E-state index contributed by atoms with van der Waals surface area (Å²) in [5.74, 6) is 0.166. The van der Waals surface area contributed by atoms with Gasteiger partial charge in [-0.05, 0) is 31.5 Å². The van der Waals surface area contributed by atoms with Gasteiger partial charge < -0.3 is 10.6 Å². The molecular weight excluding hydrogens is 296 g/mol. The Hall–Kier alpha value is -2.70. The monoisotopic (exact) mass is 314 g/mol. The van der Waals surface area contributed by atoms with Crippen LogP contribution in [0.15, 0.2) is 23.0 Å². The van der Waals surface area contributed by atoms with Crippen molar-refractivity contribution < 1.29 is 9.59 Å². The molecule has 1 aromatic heterocycles. The largest absolute Gasteiger partial charge is 0.355 e. The van der Waals surface area contributed by atoms with Gasteiger partial charge in [-0.25, -0.2) is 4.98 Å². The Bertz CT molecular complexity index is 841. The fraction of sp³-hybridized carbons (Fsp3) is 0.375. The fourth-order valence-electron chi connectivity index (χ4n) is 2.75. The van der Waals surface area contributed by atoms with Crippen LogP contribution >= 0.6 is 0 Å². The summed E-state index contributed by atoms with van der Waals surface area (Å²) >= 11 is 0. The van der Waals surface area contributed by atoms with Gasteiger partial charge in [0.1, 0.15) is 5.82 Å². The van der Waals surface area contributed by atoms with E-state index in [1.165, 1.54) is 0 Å². The van der Waals surface area contributed by atoms with Crippen LogP contribution < -0.4 is 16.2 Å².